The van der Waals surface area contributed by atoms with Gasteiger partial charge in [0.05, 0.1) is 5.56 Å². The molecule has 0 saturated heterocycles. The van der Waals surface area contributed by atoms with E-state index in [9.17, 15) is 9.90 Å². The van der Waals surface area contributed by atoms with E-state index in [1.165, 1.54) is 70.6 Å². The van der Waals surface area contributed by atoms with Crippen LogP contribution in [0.3, 0.4) is 0 Å². The summed E-state index contributed by atoms with van der Waals surface area (Å²) in [5.41, 5.74) is 1.45. The minimum atomic E-state index is 0.108. The van der Waals surface area contributed by atoms with Gasteiger partial charge < -0.3 is 5.11 Å². The van der Waals surface area contributed by atoms with Crippen molar-refractivity contribution in [1.29, 1.82) is 0 Å². The maximum atomic E-state index is 11.0. The average molecular weight is 319 g/mol. The third-order valence-electron chi connectivity index (χ3n) is 4.59. The Hall–Kier alpha value is -1.31. The number of phenols is 1. The molecule has 1 N–H and O–H groups in total. The van der Waals surface area contributed by atoms with Gasteiger partial charge in [-0.2, -0.15) is 0 Å². The van der Waals surface area contributed by atoms with Crippen LogP contribution in [0.5, 0.6) is 5.75 Å². The number of benzene rings is 1. The lowest BCUT2D eigenvalue weighted by Crippen LogP contribution is -1.94. The molecule has 0 bridgehead atoms. The molecule has 0 atom stereocenters. The minimum absolute atomic E-state index is 0.108. The molecule has 2 nitrogen and oxygen atoms in total. The molecule has 0 aliphatic rings. The number of aromatic hydroxyl groups is 1. The Morgan fingerprint density at radius 2 is 1.35 bits per heavy atom. The highest BCUT2D eigenvalue weighted by Gasteiger charge is 2.05. The molecule has 0 aromatic heterocycles. The summed E-state index contributed by atoms with van der Waals surface area (Å²) in [6, 6.07) is 5.34. The van der Waals surface area contributed by atoms with Gasteiger partial charge in [0.25, 0.3) is 0 Å². The van der Waals surface area contributed by atoms with Crippen molar-refractivity contribution in [3.05, 3.63) is 29.3 Å². The zero-order chi connectivity index (χ0) is 16.8. The number of unbranched alkanes of at least 4 members (excludes halogenated alkanes) is 11. The number of aldehydes is 1. The lowest BCUT2D eigenvalue weighted by atomic mass is 10.00. The molecule has 0 radical (unpaired) electrons. The molecule has 0 aliphatic carbocycles. The molecular formula is C21H34O2. The van der Waals surface area contributed by atoms with E-state index in [2.05, 4.69) is 6.92 Å². The number of rotatable bonds is 14. The van der Waals surface area contributed by atoms with Crippen molar-refractivity contribution in [3.8, 4) is 5.75 Å². The number of phenolic OH excluding ortho intramolecular Hbond substituents is 1. The van der Waals surface area contributed by atoms with Crippen LogP contribution >= 0.6 is 0 Å². The van der Waals surface area contributed by atoms with Crippen LogP contribution < -0.4 is 0 Å². The molecule has 0 unspecified atom stereocenters. The molecule has 0 heterocycles. The van der Waals surface area contributed by atoms with E-state index in [1.807, 2.05) is 12.1 Å². The lowest BCUT2D eigenvalue weighted by molar-refractivity contribution is 0.112. The highest BCUT2D eigenvalue weighted by molar-refractivity contribution is 5.81. The lowest BCUT2D eigenvalue weighted by Gasteiger charge is -2.06. The Kier molecular flexibility index (Phi) is 11.3. The van der Waals surface area contributed by atoms with E-state index in [1.54, 1.807) is 6.07 Å². The van der Waals surface area contributed by atoms with Crippen molar-refractivity contribution in [3.63, 3.8) is 0 Å². The predicted octanol–water partition coefficient (Wildman–Crippen LogP) is 6.45. The molecule has 1 aromatic carbocycles. The van der Waals surface area contributed by atoms with E-state index in [0.717, 1.165) is 24.7 Å². The highest BCUT2D eigenvalue weighted by Crippen LogP contribution is 2.21. The molecule has 1 aromatic rings. The van der Waals surface area contributed by atoms with Gasteiger partial charge in [0.1, 0.15) is 5.75 Å². The van der Waals surface area contributed by atoms with Crippen LogP contribution in [-0.2, 0) is 6.42 Å². The van der Waals surface area contributed by atoms with Gasteiger partial charge in [-0.1, -0.05) is 89.7 Å². The van der Waals surface area contributed by atoms with Crippen molar-refractivity contribution < 1.29 is 9.90 Å². The molecule has 2 heteroatoms. The van der Waals surface area contributed by atoms with Crippen LogP contribution in [0.1, 0.15) is 99.9 Å². The standard InChI is InChI=1S/C21H34O2/c1-2-3-4-5-6-7-8-9-10-11-12-13-15-19-16-14-17-21(23)20(19)18-22/h14,16-18,23H,2-13,15H2,1H3. The molecule has 0 aliphatic heterocycles. The van der Waals surface area contributed by atoms with Gasteiger partial charge in [-0.05, 0) is 24.5 Å². The highest BCUT2D eigenvalue weighted by atomic mass is 16.3. The number of hydrogen-bond acceptors (Lipinski definition) is 2. The molecule has 0 spiro atoms. The van der Waals surface area contributed by atoms with Crippen molar-refractivity contribution in [1.82, 2.24) is 0 Å². The second kappa shape index (κ2) is 13.2. The normalized spacial score (nSPS) is 10.8. The number of aryl methyl sites for hydroxylation is 1. The molecule has 0 fully saturated rings. The van der Waals surface area contributed by atoms with Gasteiger partial charge in [0, 0.05) is 0 Å². The monoisotopic (exact) mass is 318 g/mol. The zero-order valence-electron chi connectivity index (χ0n) is 14.9. The third kappa shape index (κ3) is 8.78. The number of carbonyl (C=O) groups is 1. The first-order valence-corrected chi connectivity index (χ1v) is 9.55. The fourth-order valence-electron chi connectivity index (χ4n) is 3.11. The van der Waals surface area contributed by atoms with Crippen LogP contribution in [0.15, 0.2) is 18.2 Å². The summed E-state index contributed by atoms with van der Waals surface area (Å²) in [6.45, 7) is 2.26. The maximum Gasteiger partial charge on any atom is 0.154 e. The van der Waals surface area contributed by atoms with E-state index in [0.29, 0.717) is 5.56 Å². The van der Waals surface area contributed by atoms with Crippen molar-refractivity contribution >= 4 is 6.29 Å². The summed E-state index contributed by atoms with van der Waals surface area (Å²) < 4.78 is 0. The van der Waals surface area contributed by atoms with Gasteiger partial charge in [-0.15, -0.1) is 0 Å². The van der Waals surface area contributed by atoms with E-state index in [4.69, 9.17) is 0 Å². The van der Waals surface area contributed by atoms with E-state index in [-0.39, 0.29) is 5.75 Å². The molecule has 0 amide bonds. The predicted molar refractivity (Wildman–Crippen MR) is 98.3 cm³/mol. The summed E-state index contributed by atoms with van der Waals surface area (Å²) in [7, 11) is 0. The second-order valence-corrected chi connectivity index (χ2v) is 6.61. The van der Waals surface area contributed by atoms with E-state index >= 15 is 0 Å². The SMILES string of the molecule is CCCCCCCCCCCCCCc1cccc(O)c1C=O. The summed E-state index contributed by atoms with van der Waals surface area (Å²) in [6.07, 6.45) is 17.7. The Balaban J connectivity index is 1.98. The minimum Gasteiger partial charge on any atom is -0.507 e. The van der Waals surface area contributed by atoms with Crippen molar-refractivity contribution in [2.24, 2.45) is 0 Å². The number of hydrogen-bond donors (Lipinski definition) is 1. The third-order valence-corrected chi connectivity index (χ3v) is 4.59. The smallest absolute Gasteiger partial charge is 0.154 e. The molecule has 1 rings (SSSR count). The van der Waals surface area contributed by atoms with Crippen molar-refractivity contribution in [2.45, 2.75) is 90.4 Å². The van der Waals surface area contributed by atoms with Gasteiger partial charge in [0.2, 0.25) is 0 Å². The average Bonchev–Trinajstić information content (AvgIpc) is 2.56. The first-order valence-electron chi connectivity index (χ1n) is 9.55. The Morgan fingerprint density at radius 3 is 1.87 bits per heavy atom. The first kappa shape index (κ1) is 19.7. The number of carbonyl (C=O) groups excluding carboxylic acids is 1. The van der Waals surface area contributed by atoms with Crippen LogP contribution in [0.2, 0.25) is 0 Å². The molecule has 23 heavy (non-hydrogen) atoms. The Morgan fingerprint density at radius 1 is 0.826 bits per heavy atom. The van der Waals surface area contributed by atoms with Gasteiger partial charge in [-0.3, -0.25) is 4.79 Å². The molecule has 0 saturated carbocycles. The molecular weight excluding hydrogens is 284 g/mol. The summed E-state index contributed by atoms with van der Waals surface area (Å²) in [5, 5.41) is 9.65. The van der Waals surface area contributed by atoms with Crippen LogP contribution in [0.4, 0.5) is 0 Å². The maximum absolute atomic E-state index is 11.0. The summed E-state index contributed by atoms with van der Waals surface area (Å²) in [5.74, 6) is 0.108. The topological polar surface area (TPSA) is 37.3 Å². The first-order chi connectivity index (χ1) is 11.3. The fraction of sp³-hybridized carbons (Fsp3) is 0.667. The van der Waals surface area contributed by atoms with Gasteiger partial charge in [-0.25, -0.2) is 0 Å². The van der Waals surface area contributed by atoms with Crippen LogP contribution in [0.25, 0.3) is 0 Å². The van der Waals surface area contributed by atoms with Crippen LogP contribution in [0, 0.1) is 0 Å². The largest absolute Gasteiger partial charge is 0.507 e. The van der Waals surface area contributed by atoms with E-state index < -0.39 is 0 Å². The van der Waals surface area contributed by atoms with Gasteiger partial charge in [0.15, 0.2) is 6.29 Å². The summed E-state index contributed by atoms with van der Waals surface area (Å²) >= 11 is 0. The summed E-state index contributed by atoms with van der Waals surface area (Å²) in [4.78, 5) is 11.0. The second-order valence-electron chi connectivity index (χ2n) is 6.61. The fourth-order valence-corrected chi connectivity index (χ4v) is 3.11. The van der Waals surface area contributed by atoms with Gasteiger partial charge >= 0.3 is 0 Å². The van der Waals surface area contributed by atoms with Crippen molar-refractivity contribution in [2.75, 3.05) is 0 Å². The van der Waals surface area contributed by atoms with Crippen LogP contribution in [-0.4, -0.2) is 11.4 Å². The Bertz CT molecular complexity index is 426. The zero-order valence-corrected chi connectivity index (χ0v) is 14.9. The molecule has 130 valence electrons. The quantitative estimate of drug-likeness (QED) is 0.316. The Labute approximate surface area is 142 Å².